The Bertz CT molecular complexity index is 594. The van der Waals surface area contributed by atoms with Crippen LogP contribution in [0.5, 0.6) is 0 Å². The van der Waals surface area contributed by atoms with Crippen LogP contribution in [0.1, 0.15) is 19.2 Å². The van der Waals surface area contributed by atoms with E-state index in [2.05, 4.69) is 10.2 Å². The zero-order valence-electron chi connectivity index (χ0n) is 10.6. The van der Waals surface area contributed by atoms with Crippen LogP contribution in [0.15, 0.2) is 24.3 Å². The lowest BCUT2D eigenvalue weighted by Crippen LogP contribution is -2.09. The van der Waals surface area contributed by atoms with Crippen LogP contribution in [0, 0.1) is 10.1 Å². The van der Waals surface area contributed by atoms with Crippen molar-refractivity contribution in [2.24, 2.45) is 5.73 Å². The first-order valence-corrected chi connectivity index (χ1v) is 6.04. The van der Waals surface area contributed by atoms with Crippen molar-refractivity contribution in [1.29, 1.82) is 0 Å². The normalized spacial score (nSPS) is 10.6. The van der Waals surface area contributed by atoms with E-state index >= 15 is 0 Å². The van der Waals surface area contributed by atoms with Crippen molar-refractivity contribution in [3.63, 3.8) is 0 Å². The Morgan fingerprint density at radius 2 is 2.21 bits per heavy atom. The number of non-ortho nitro benzene ring substituents is 1. The molecule has 0 aliphatic carbocycles. The summed E-state index contributed by atoms with van der Waals surface area (Å²) in [6, 6.07) is 6.37. The molecule has 0 saturated heterocycles. The maximum atomic E-state index is 10.8. The van der Waals surface area contributed by atoms with Crippen molar-refractivity contribution in [3.05, 3.63) is 40.2 Å². The van der Waals surface area contributed by atoms with Crippen molar-refractivity contribution < 1.29 is 4.92 Å². The molecular formula is C12H15N5O2. The van der Waals surface area contributed by atoms with Crippen molar-refractivity contribution in [2.45, 2.75) is 26.4 Å². The van der Waals surface area contributed by atoms with Crippen LogP contribution in [0.25, 0.3) is 11.4 Å². The lowest BCUT2D eigenvalue weighted by molar-refractivity contribution is -0.384. The summed E-state index contributed by atoms with van der Waals surface area (Å²) in [5.41, 5.74) is 6.33. The topological polar surface area (TPSA) is 99.9 Å². The molecule has 0 spiro atoms. The molecule has 0 amide bonds. The molecule has 2 aromatic rings. The first-order valence-electron chi connectivity index (χ1n) is 6.04. The standard InChI is InChI=1S/C12H15N5O2/c1-2-6-16-11(8-13)14-15-12(16)9-4-3-5-10(7-9)17(18)19/h3-5,7H,2,6,8,13H2,1H3. The summed E-state index contributed by atoms with van der Waals surface area (Å²) in [6.45, 7) is 3.07. The number of nitro benzene ring substituents is 1. The highest BCUT2D eigenvalue weighted by molar-refractivity contribution is 5.59. The van der Waals surface area contributed by atoms with Crippen molar-refractivity contribution in [1.82, 2.24) is 14.8 Å². The van der Waals surface area contributed by atoms with Gasteiger partial charge in [0, 0.05) is 24.2 Å². The number of nitrogens with zero attached hydrogens (tertiary/aromatic N) is 4. The van der Waals surface area contributed by atoms with E-state index in [0.29, 0.717) is 23.8 Å². The van der Waals surface area contributed by atoms with Gasteiger partial charge >= 0.3 is 0 Å². The molecule has 0 atom stereocenters. The third-order valence-electron chi connectivity index (χ3n) is 2.77. The molecule has 1 aromatic heterocycles. The molecule has 2 N–H and O–H groups in total. The maximum Gasteiger partial charge on any atom is 0.270 e. The monoisotopic (exact) mass is 261 g/mol. The number of benzene rings is 1. The molecule has 0 aliphatic rings. The Balaban J connectivity index is 2.49. The van der Waals surface area contributed by atoms with Crippen molar-refractivity contribution in [3.8, 4) is 11.4 Å². The fraction of sp³-hybridized carbons (Fsp3) is 0.333. The Morgan fingerprint density at radius 1 is 1.42 bits per heavy atom. The summed E-state index contributed by atoms with van der Waals surface area (Å²) >= 11 is 0. The number of rotatable bonds is 5. The molecule has 0 unspecified atom stereocenters. The third kappa shape index (κ3) is 2.60. The molecule has 0 bridgehead atoms. The first kappa shape index (κ1) is 13.2. The summed E-state index contributed by atoms with van der Waals surface area (Å²) in [7, 11) is 0. The number of nitrogens with two attached hydrogens (primary N) is 1. The predicted octanol–water partition coefficient (Wildman–Crippen LogP) is 1.72. The largest absolute Gasteiger partial charge is 0.324 e. The average Bonchev–Trinajstić information content (AvgIpc) is 2.82. The number of aromatic nitrogens is 3. The van der Waals surface area contributed by atoms with Crippen LogP contribution in [-0.2, 0) is 13.1 Å². The number of hydrogen-bond acceptors (Lipinski definition) is 5. The molecule has 7 nitrogen and oxygen atoms in total. The second kappa shape index (κ2) is 5.57. The van der Waals surface area contributed by atoms with Gasteiger partial charge in [0.05, 0.1) is 11.5 Å². The van der Waals surface area contributed by atoms with Crippen LogP contribution >= 0.6 is 0 Å². The van der Waals surface area contributed by atoms with Crippen LogP contribution in [0.4, 0.5) is 5.69 Å². The first-order chi connectivity index (χ1) is 9.17. The van der Waals surface area contributed by atoms with Crippen LogP contribution < -0.4 is 5.73 Å². The quantitative estimate of drug-likeness (QED) is 0.652. The minimum atomic E-state index is -0.423. The summed E-state index contributed by atoms with van der Waals surface area (Å²) in [6.07, 6.45) is 0.910. The molecule has 0 saturated carbocycles. The smallest absolute Gasteiger partial charge is 0.270 e. The fourth-order valence-corrected chi connectivity index (χ4v) is 1.92. The minimum Gasteiger partial charge on any atom is -0.324 e. The Kier molecular flexibility index (Phi) is 3.86. The van der Waals surface area contributed by atoms with Gasteiger partial charge in [-0.1, -0.05) is 19.1 Å². The Morgan fingerprint density at radius 3 is 2.84 bits per heavy atom. The molecule has 100 valence electrons. The molecule has 2 rings (SSSR count). The summed E-state index contributed by atoms with van der Waals surface area (Å²) < 4.78 is 1.90. The third-order valence-corrected chi connectivity index (χ3v) is 2.77. The van der Waals surface area contributed by atoms with E-state index in [1.807, 2.05) is 11.5 Å². The van der Waals surface area contributed by atoms with Gasteiger partial charge in [0.25, 0.3) is 5.69 Å². The highest BCUT2D eigenvalue weighted by Crippen LogP contribution is 2.23. The van der Waals surface area contributed by atoms with E-state index in [0.717, 1.165) is 13.0 Å². The summed E-state index contributed by atoms with van der Waals surface area (Å²) in [5.74, 6) is 1.30. The maximum absolute atomic E-state index is 10.8. The Labute approximate surface area is 110 Å². The van der Waals surface area contributed by atoms with Gasteiger partial charge in [-0.15, -0.1) is 10.2 Å². The van der Waals surface area contributed by atoms with Gasteiger partial charge in [-0.25, -0.2) is 0 Å². The molecular weight excluding hydrogens is 246 g/mol. The lowest BCUT2D eigenvalue weighted by Gasteiger charge is -2.07. The van der Waals surface area contributed by atoms with E-state index in [-0.39, 0.29) is 5.69 Å². The van der Waals surface area contributed by atoms with Crippen LogP contribution in [-0.4, -0.2) is 19.7 Å². The van der Waals surface area contributed by atoms with E-state index in [4.69, 9.17) is 5.73 Å². The SMILES string of the molecule is CCCn1c(CN)nnc1-c1cccc([N+](=O)[O-])c1. The predicted molar refractivity (Wildman–Crippen MR) is 70.3 cm³/mol. The van der Waals surface area contributed by atoms with Crippen LogP contribution in [0.3, 0.4) is 0 Å². The molecule has 0 aliphatic heterocycles. The summed E-state index contributed by atoms with van der Waals surface area (Å²) in [4.78, 5) is 10.4. The molecule has 19 heavy (non-hydrogen) atoms. The second-order valence-electron chi connectivity index (χ2n) is 4.10. The van der Waals surface area contributed by atoms with E-state index < -0.39 is 4.92 Å². The van der Waals surface area contributed by atoms with Crippen molar-refractivity contribution >= 4 is 5.69 Å². The van der Waals surface area contributed by atoms with Gasteiger partial charge in [0.15, 0.2) is 5.82 Å². The molecule has 7 heteroatoms. The number of hydrogen-bond donors (Lipinski definition) is 1. The van der Waals surface area contributed by atoms with Gasteiger partial charge in [-0.3, -0.25) is 10.1 Å². The minimum absolute atomic E-state index is 0.0397. The van der Waals surface area contributed by atoms with Crippen molar-refractivity contribution in [2.75, 3.05) is 0 Å². The second-order valence-corrected chi connectivity index (χ2v) is 4.10. The lowest BCUT2D eigenvalue weighted by atomic mass is 10.2. The van der Waals surface area contributed by atoms with Gasteiger partial charge < -0.3 is 10.3 Å². The summed E-state index contributed by atoms with van der Waals surface area (Å²) in [5, 5.41) is 18.9. The van der Waals surface area contributed by atoms with E-state index in [1.165, 1.54) is 12.1 Å². The molecule has 0 fully saturated rings. The highest BCUT2D eigenvalue weighted by atomic mass is 16.6. The molecule has 1 aromatic carbocycles. The zero-order valence-corrected chi connectivity index (χ0v) is 10.6. The number of nitro groups is 1. The molecule has 1 heterocycles. The van der Waals surface area contributed by atoms with E-state index in [1.54, 1.807) is 12.1 Å². The Hall–Kier alpha value is -2.28. The van der Waals surface area contributed by atoms with Gasteiger partial charge in [-0.05, 0) is 6.42 Å². The fourth-order valence-electron chi connectivity index (χ4n) is 1.92. The zero-order chi connectivity index (χ0) is 13.8. The average molecular weight is 261 g/mol. The van der Waals surface area contributed by atoms with Gasteiger partial charge in [0.1, 0.15) is 5.82 Å². The van der Waals surface area contributed by atoms with E-state index in [9.17, 15) is 10.1 Å². The van der Waals surface area contributed by atoms with Crippen LogP contribution in [0.2, 0.25) is 0 Å². The molecule has 0 radical (unpaired) electrons. The highest BCUT2D eigenvalue weighted by Gasteiger charge is 2.14. The van der Waals surface area contributed by atoms with Gasteiger partial charge in [0.2, 0.25) is 0 Å². The van der Waals surface area contributed by atoms with Gasteiger partial charge in [-0.2, -0.15) is 0 Å².